The molecular weight excluding hydrogens is 158 g/mol. The second-order valence-electron chi connectivity index (χ2n) is 3.23. The predicted molar refractivity (Wildman–Crippen MR) is 60.7 cm³/mol. The Hall–Kier alpha value is -0.720. The molecule has 0 unspecified atom stereocenters. The maximum Gasteiger partial charge on any atom is 0.0115 e. The van der Waals surface area contributed by atoms with Crippen LogP contribution in [-0.2, 0) is 0 Å². The summed E-state index contributed by atoms with van der Waals surface area (Å²) in [4.78, 5) is 0. The van der Waals surface area contributed by atoms with Crippen molar-refractivity contribution in [3.8, 4) is 0 Å². The highest BCUT2D eigenvalue weighted by Gasteiger charge is 1.93. The fourth-order valence-electron chi connectivity index (χ4n) is 1.28. The molecule has 76 valence electrons. The minimum Gasteiger partial charge on any atom is -0.389 e. The van der Waals surface area contributed by atoms with Gasteiger partial charge in [-0.3, -0.25) is 0 Å². The Bertz CT molecular complexity index is 178. The molecule has 0 heterocycles. The van der Waals surface area contributed by atoms with Crippen molar-refractivity contribution in [2.75, 3.05) is 6.54 Å². The van der Waals surface area contributed by atoms with E-state index >= 15 is 0 Å². The average molecular weight is 181 g/mol. The number of nitrogens with one attached hydrogen (secondary N) is 1. The summed E-state index contributed by atoms with van der Waals surface area (Å²) in [7, 11) is 0. The Balaban J connectivity index is 4.21. The highest BCUT2D eigenvalue weighted by atomic mass is 14.9. The number of hydrogen-bond acceptors (Lipinski definition) is 1. The largest absolute Gasteiger partial charge is 0.389 e. The van der Waals surface area contributed by atoms with E-state index in [9.17, 15) is 0 Å². The molecule has 1 heteroatoms. The van der Waals surface area contributed by atoms with E-state index < -0.39 is 0 Å². The Morgan fingerprint density at radius 2 is 1.92 bits per heavy atom. The molecule has 0 amide bonds. The molecule has 0 atom stereocenters. The van der Waals surface area contributed by atoms with Crippen molar-refractivity contribution in [1.29, 1.82) is 0 Å². The normalized spacial score (nSPS) is 13.2. The topological polar surface area (TPSA) is 12.0 Å². The summed E-state index contributed by atoms with van der Waals surface area (Å²) in [5, 5.41) is 3.35. The summed E-state index contributed by atoms with van der Waals surface area (Å²) in [6.07, 6.45) is 8.04. The molecule has 1 nitrogen and oxygen atoms in total. The highest BCUT2D eigenvalue weighted by molar-refractivity contribution is 5.23. The minimum atomic E-state index is 1.01. The molecular formula is C12H23N. The molecule has 0 spiro atoms. The summed E-state index contributed by atoms with van der Waals surface area (Å²) in [6.45, 7) is 9.70. The third-order valence-corrected chi connectivity index (χ3v) is 2.08. The van der Waals surface area contributed by atoms with Gasteiger partial charge in [0.1, 0.15) is 0 Å². The number of rotatable bonds is 6. The first-order valence-corrected chi connectivity index (χ1v) is 5.36. The van der Waals surface area contributed by atoms with Crippen LogP contribution in [0, 0.1) is 0 Å². The Labute approximate surface area is 82.9 Å². The lowest BCUT2D eigenvalue weighted by Crippen LogP contribution is -2.11. The minimum absolute atomic E-state index is 1.01. The molecule has 0 radical (unpaired) electrons. The van der Waals surface area contributed by atoms with Crippen LogP contribution in [0.2, 0.25) is 0 Å². The summed E-state index contributed by atoms with van der Waals surface area (Å²) < 4.78 is 0. The monoisotopic (exact) mass is 181 g/mol. The molecule has 0 fully saturated rings. The van der Waals surface area contributed by atoms with E-state index in [0.29, 0.717) is 0 Å². The molecule has 0 saturated heterocycles. The van der Waals surface area contributed by atoms with Crippen LogP contribution in [0.4, 0.5) is 0 Å². The van der Waals surface area contributed by atoms with E-state index in [1.165, 1.54) is 24.1 Å². The average Bonchev–Trinajstić information content (AvgIpc) is 2.13. The lowest BCUT2D eigenvalue weighted by Gasteiger charge is -2.07. The van der Waals surface area contributed by atoms with Crippen molar-refractivity contribution < 1.29 is 0 Å². The zero-order valence-electron chi connectivity index (χ0n) is 9.48. The van der Waals surface area contributed by atoms with Gasteiger partial charge in [-0.2, -0.15) is 0 Å². The Kier molecular flexibility index (Phi) is 7.47. The third-order valence-electron chi connectivity index (χ3n) is 2.08. The van der Waals surface area contributed by atoms with Crippen molar-refractivity contribution in [3.05, 3.63) is 23.4 Å². The zero-order chi connectivity index (χ0) is 10.1. The maximum atomic E-state index is 3.35. The van der Waals surface area contributed by atoms with Gasteiger partial charge in [-0.05, 0) is 32.3 Å². The molecule has 1 N–H and O–H groups in total. The van der Waals surface area contributed by atoms with Crippen LogP contribution in [0.5, 0.6) is 0 Å². The lowest BCUT2D eigenvalue weighted by atomic mass is 10.1. The maximum absolute atomic E-state index is 3.35. The smallest absolute Gasteiger partial charge is 0.0115 e. The molecule has 0 aliphatic carbocycles. The predicted octanol–water partition coefficient (Wildman–Crippen LogP) is 3.64. The van der Waals surface area contributed by atoms with Crippen molar-refractivity contribution in [3.63, 3.8) is 0 Å². The summed E-state index contributed by atoms with van der Waals surface area (Å²) in [6, 6.07) is 0. The lowest BCUT2D eigenvalue weighted by molar-refractivity contribution is 0.832. The van der Waals surface area contributed by atoms with Gasteiger partial charge >= 0.3 is 0 Å². The fraction of sp³-hybridized carbons (Fsp3) is 0.667. The van der Waals surface area contributed by atoms with E-state index in [2.05, 4.69) is 45.2 Å². The quantitative estimate of drug-likeness (QED) is 0.617. The van der Waals surface area contributed by atoms with Crippen LogP contribution in [0.1, 0.15) is 47.0 Å². The van der Waals surface area contributed by atoms with Crippen molar-refractivity contribution in [1.82, 2.24) is 5.32 Å². The first-order valence-electron chi connectivity index (χ1n) is 5.36. The van der Waals surface area contributed by atoms with Gasteiger partial charge in [0.15, 0.2) is 0 Å². The summed E-state index contributed by atoms with van der Waals surface area (Å²) in [5.41, 5.74) is 2.74. The van der Waals surface area contributed by atoms with E-state index in [0.717, 1.165) is 13.0 Å². The number of hydrogen-bond donors (Lipinski definition) is 1. The van der Waals surface area contributed by atoms with E-state index in [-0.39, 0.29) is 0 Å². The van der Waals surface area contributed by atoms with Gasteiger partial charge in [0.05, 0.1) is 0 Å². The van der Waals surface area contributed by atoms with E-state index in [1.807, 2.05) is 0 Å². The molecule has 0 aromatic carbocycles. The second-order valence-corrected chi connectivity index (χ2v) is 3.23. The van der Waals surface area contributed by atoms with Gasteiger partial charge < -0.3 is 5.32 Å². The second kappa shape index (κ2) is 7.90. The number of allylic oxidation sites excluding steroid dienone is 4. The molecule has 0 aliphatic heterocycles. The first kappa shape index (κ1) is 12.3. The van der Waals surface area contributed by atoms with Crippen LogP contribution in [-0.4, -0.2) is 6.54 Å². The highest BCUT2D eigenvalue weighted by Crippen LogP contribution is 2.08. The van der Waals surface area contributed by atoms with Crippen LogP contribution in [0.3, 0.4) is 0 Å². The molecule has 0 aromatic heterocycles. The molecule has 0 saturated carbocycles. The van der Waals surface area contributed by atoms with Crippen molar-refractivity contribution in [2.45, 2.75) is 47.0 Å². The molecule has 0 aliphatic rings. The van der Waals surface area contributed by atoms with Crippen LogP contribution in [0.15, 0.2) is 23.4 Å². The molecule has 0 bridgehead atoms. The first-order chi connectivity index (χ1) is 6.26. The Morgan fingerprint density at radius 1 is 1.23 bits per heavy atom. The summed E-state index contributed by atoms with van der Waals surface area (Å²) in [5.74, 6) is 0. The van der Waals surface area contributed by atoms with Crippen LogP contribution >= 0.6 is 0 Å². The van der Waals surface area contributed by atoms with Gasteiger partial charge in [-0.15, -0.1) is 0 Å². The van der Waals surface area contributed by atoms with Crippen LogP contribution < -0.4 is 5.32 Å². The van der Waals surface area contributed by atoms with Gasteiger partial charge in [0, 0.05) is 12.2 Å². The van der Waals surface area contributed by atoms with Crippen LogP contribution in [0.25, 0.3) is 0 Å². The zero-order valence-corrected chi connectivity index (χ0v) is 9.48. The molecule has 0 aromatic rings. The van der Waals surface area contributed by atoms with E-state index in [4.69, 9.17) is 0 Å². The molecule has 13 heavy (non-hydrogen) atoms. The Morgan fingerprint density at radius 3 is 2.38 bits per heavy atom. The fourth-order valence-corrected chi connectivity index (χ4v) is 1.28. The van der Waals surface area contributed by atoms with Gasteiger partial charge in [-0.25, -0.2) is 0 Å². The summed E-state index contributed by atoms with van der Waals surface area (Å²) >= 11 is 0. The standard InChI is InChI=1S/C12H23N/c1-5-8-9-10-12(6-2)11(4)13-7-3/h9-10,13H,5-8H2,1-4H3/b10-9+,12-11-. The van der Waals surface area contributed by atoms with Crippen molar-refractivity contribution >= 4 is 0 Å². The van der Waals surface area contributed by atoms with Gasteiger partial charge in [-0.1, -0.05) is 32.4 Å². The third kappa shape index (κ3) is 5.51. The number of unbranched alkanes of at least 4 members (excludes halogenated alkanes) is 1. The van der Waals surface area contributed by atoms with Gasteiger partial charge in [0.2, 0.25) is 0 Å². The van der Waals surface area contributed by atoms with Crippen molar-refractivity contribution in [2.24, 2.45) is 0 Å². The molecule has 0 rings (SSSR count). The van der Waals surface area contributed by atoms with E-state index in [1.54, 1.807) is 0 Å². The van der Waals surface area contributed by atoms with Gasteiger partial charge in [0.25, 0.3) is 0 Å². The SMILES string of the molecule is CCC/C=C/C(CC)=C(/C)NCC.